The van der Waals surface area contributed by atoms with E-state index in [0.717, 1.165) is 50.3 Å². The van der Waals surface area contributed by atoms with Crippen LogP contribution in [-0.2, 0) is 17.8 Å². The summed E-state index contributed by atoms with van der Waals surface area (Å²) in [6, 6.07) is 6.73. The number of nitrogens with zero attached hydrogens (tertiary/aromatic N) is 4. The summed E-state index contributed by atoms with van der Waals surface area (Å²) in [5, 5.41) is 0. The maximum absolute atomic E-state index is 5.40. The molecule has 3 heterocycles. The minimum atomic E-state index is 0.127. The molecule has 0 spiro atoms. The molecule has 5 nitrogen and oxygen atoms in total. The van der Waals surface area contributed by atoms with Crippen LogP contribution in [-0.4, -0.2) is 35.9 Å². The average molecular weight is 443 g/mol. The number of fused-ring (bicyclic) bond motifs is 1. The number of aliphatic imine (C=N–C) groups is 1. The van der Waals surface area contributed by atoms with Crippen molar-refractivity contribution in [2.24, 2.45) is 10.4 Å². The molecule has 33 heavy (non-hydrogen) atoms. The second-order valence-corrected chi connectivity index (χ2v) is 10.1. The first-order valence-electron chi connectivity index (χ1n) is 12.0. The number of aryl methyl sites for hydroxylation is 1. The highest BCUT2D eigenvalue weighted by Crippen LogP contribution is 2.42. The molecule has 5 rings (SSSR count). The lowest BCUT2D eigenvalue weighted by molar-refractivity contribution is 0.184. The number of rotatable bonds is 5. The highest BCUT2D eigenvalue weighted by atomic mass is 16.5. The van der Waals surface area contributed by atoms with Crippen LogP contribution in [0.5, 0.6) is 0 Å². The van der Waals surface area contributed by atoms with Crippen LogP contribution in [0.3, 0.4) is 0 Å². The fraction of sp³-hybridized carbons (Fsp3) is 0.464. The van der Waals surface area contributed by atoms with Crippen molar-refractivity contribution in [3.63, 3.8) is 0 Å². The Morgan fingerprint density at radius 1 is 1.06 bits per heavy atom. The third-order valence-corrected chi connectivity index (χ3v) is 7.73. The Labute approximate surface area is 197 Å². The van der Waals surface area contributed by atoms with E-state index in [0.29, 0.717) is 6.61 Å². The standard InChI is InChI=1S/C28H34N4O/c1-18-12-24-25(13-18)29-17-30-27(24)32-10-8-28(4,9-11-32)26-15-23(20(3)31-26)21-7-6-19(2)22(14-21)16-33-5/h6-7,12,14,17H,8-11,13,15-16H2,1-5H3. The molecule has 0 amide bonds. The summed E-state index contributed by atoms with van der Waals surface area (Å²) >= 11 is 0. The van der Waals surface area contributed by atoms with E-state index in [4.69, 9.17) is 9.73 Å². The molecule has 1 saturated heterocycles. The smallest absolute Gasteiger partial charge is 0.139 e. The van der Waals surface area contributed by atoms with E-state index < -0.39 is 0 Å². The van der Waals surface area contributed by atoms with Gasteiger partial charge in [0.15, 0.2) is 0 Å². The second kappa shape index (κ2) is 8.53. The van der Waals surface area contributed by atoms with Gasteiger partial charge in [-0.05, 0) is 61.9 Å². The van der Waals surface area contributed by atoms with Crippen LogP contribution in [0.1, 0.15) is 68.0 Å². The van der Waals surface area contributed by atoms with Gasteiger partial charge in [0.1, 0.15) is 12.1 Å². The van der Waals surface area contributed by atoms with Crippen LogP contribution in [0.15, 0.2) is 40.8 Å². The third kappa shape index (κ3) is 4.04. The maximum atomic E-state index is 5.40. The average Bonchev–Trinajstić information content (AvgIpc) is 3.38. The lowest BCUT2D eigenvalue weighted by Crippen LogP contribution is -2.43. The van der Waals surface area contributed by atoms with Crippen LogP contribution in [0.2, 0.25) is 0 Å². The highest BCUT2D eigenvalue weighted by Gasteiger charge is 2.38. The third-order valence-electron chi connectivity index (χ3n) is 7.73. The Morgan fingerprint density at radius 2 is 1.85 bits per heavy atom. The summed E-state index contributed by atoms with van der Waals surface area (Å²) < 4.78 is 5.40. The van der Waals surface area contributed by atoms with Gasteiger partial charge in [-0.1, -0.05) is 30.7 Å². The topological polar surface area (TPSA) is 50.6 Å². The quantitative estimate of drug-likeness (QED) is 0.590. The first-order valence-corrected chi connectivity index (χ1v) is 12.0. The first-order chi connectivity index (χ1) is 15.9. The van der Waals surface area contributed by atoms with Crippen molar-refractivity contribution in [3.8, 4) is 0 Å². The summed E-state index contributed by atoms with van der Waals surface area (Å²) in [5.41, 5.74) is 11.6. The van der Waals surface area contributed by atoms with E-state index >= 15 is 0 Å². The van der Waals surface area contributed by atoms with E-state index in [1.165, 1.54) is 44.8 Å². The molecular formula is C28H34N4O. The molecule has 1 aromatic heterocycles. The molecule has 0 radical (unpaired) electrons. The van der Waals surface area contributed by atoms with Crippen LogP contribution in [0.4, 0.5) is 5.82 Å². The van der Waals surface area contributed by atoms with E-state index in [-0.39, 0.29) is 5.41 Å². The van der Waals surface area contributed by atoms with Gasteiger partial charge in [-0.15, -0.1) is 0 Å². The molecule has 0 unspecified atom stereocenters. The molecule has 0 bridgehead atoms. The van der Waals surface area contributed by atoms with Crippen molar-refractivity contribution >= 4 is 23.2 Å². The number of piperidine rings is 1. The number of hydrogen-bond acceptors (Lipinski definition) is 5. The van der Waals surface area contributed by atoms with Crippen molar-refractivity contribution in [3.05, 3.63) is 63.7 Å². The van der Waals surface area contributed by atoms with Crippen LogP contribution in [0.25, 0.3) is 11.6 Å². The predicted molar refractivity (Wildman–Crippen MR) is 135 cm³/mol. The number of hydrogen-bond donors (Lipinski definition) is 0. The Balaban J connectivity index is 1.30. The fourth-order valence-electron chi connectivity index (χ4n) is 5.46. The number of methoxy groups -OCH3 is 1. The number of benzene rings is 1. The number of ether oxygens (including phenoxy) is 1. The van der Waals surface area contributed by atoms with Crippen molar-refractivity contribution in [1.82, 2.24) is 9.97 Å². The molecule has 172 valence electrons. The molecule has 3 aliphatic rings. The monoisotopic (exact) mass is 442 g/mol. The normalized spacial score (nSPS) is 19.6. The van der Waals surface area contributed by atoms with E-state index in [9.17, 15) is 0 Å². The molecular weight excluding hydrogens is 408 g/mol. The van der Waals surface area contributed by atoms with Crippen LogP contribution < -0.4 is 4.90 Å². The van der Waals surface area contributed by atoms with E-state index in [1.807, 2.05) is 0 Å². The Kier molecular flexibility index (Phi) is 5.69. The second-order valence-electron chi connectivity index (χ2n) is 10.1. The number of aromatic nitrogens is 2. The van der Waals surface area contributed by atoms with Crippen LogP contribution in [0, 0.1) is 12.3 Å². The highest BCUT2D eigenvalue weighted by molar-refractivity contribution is 6.03. The van der Waals surface area contributed by atoms with Gasteiger partial charge in [0, 0.05) is 55.4 Å². The SMILES string of the molecule is COCc1cc(C2=C(C)N=C(C3(C)CCN(c4ncnc5c4C=C(C)C5)CC3)C2)ccc1C. The maximum Gasteiger partial charge on any atom is 0.139 e. The Morgan fingerprint density at radius 3 is 2.61 bits per heavy atom. The number of allylic oxidation sites excluding steroid dienone is 3. The van der Waals surface area contributed by atoms with Gasteiger partial charge in [-0.25, -0.2) is 9.97 Å². The molecule has 0 N–H and O–H groups in total. The summed E-state index contributed by atoms with van der Waals surface area (Å²) in [4.78, 5) is 16.7. The Bertz CT molecular complexity index is 1180. The molecule has 0 saturated carbocycles. The minimum absolute atomic E-state index is 0.127. The largest absolute Gasteiger partial charge is 0.380 e. The molecule has 5 heteroatoms. The molecule has 1 fully saturated rings. The zero-order valence-electron chi connectivity index (χ0n) is 20.5. The minimum Gasteiger partial charge on any atom is -0.380 e. The molecule has 2 aliphatic heterocycles. The lowest BCUT2D eigenvalue weighted by Gasteiger charge is -2.40. The molecule has 1 aliphatic carbocycles. The van der Waals surface area contributed by atoms with Gasteiger partial charge in [0.05, 0.1) is 12.3 Å². The van der Waals surface area contributed by atoms with Gasteiger partial charge >= 0.3 is 0 Å². The molecule has 0 atom stereocenters. The molecule has 2 aromatic rings. The van der Waals surface area contributed by atoms with Gasteiger partial charge in [0.25, 0.3) is 0 Å². The zero-order chi connectivity index (χ0) is 23.2. The van der Waals surface area contributed by atoms with Gasteiger partial charge in [-0.3, -0.25) is 4.99 Å². The van der Waals surface area contributed by atoms with Crippen molar-refractivity contribution in [2.45, 2.75) is 60.0 Å². The van der Waals surface area contributed by atoms with Crippen molar-refractivity contribution in [2.75, 3.05) is 25.1 Å². The van der Waals surface area contributed by atoms with Crippen LogP contribution >= 0.6 is 0 Å². The van der Waals surface area contributed by atoms with Crippen molar-refractivity contribution in [1.29, 1.82) is 0 Å². The number of anilines is 1. The summed E-state index contributed by atoms with van der Waals surface area (Å²) in [5.74, 6) is 1.10. The summed E-state index contributed by atoms with van der Waals surface area (Å²) in [7, 11) is 1.76. The summed E-state index contributed by atoms with van der Waals surface area (Å²) in [6.45, 7) is 11.5. The zero-order valence-corrected chi connectivity index (χ0v) is 20.5. The lowest BCUT2D eigenvalue weighted by atomic mass is 9.74. The van der Waals surface area contributed by atoms with E-state index in [1.54, 1.807) is 13.4 Å². The van der Waals surface area contributed by atoms with Gasteiger partial charge in [0.2, 0.25) is 0 Å². The van der Waals surface area contributed by atoms with Crippen molar-refractivity contribution < 1.29 is 4.74 Å². The Hall–Kier alpha value is -2.79. The van der Waals surface area contributed by atoms with Gasteiger partial charge in [-0.2, -0.15) is 0 Å². The molecule has 1 aromatic carbocycles. The summed E-state index contributed by atoms with van der Waals surface area (Å²) in [6.07, 6.45) is 8.08. The first kappa shape index (κ1) is 22.0. The van der Waals surface area contributed by atoms with Gasteiger partial charge < -0.3 is 9.64 Å². The fourth-order valence-corrected chi connectivity index (χ4v) is 5.46. The predicted octanol–water partition coefficient (Wildman–Crippen LogP) is 5.77. The van der Waals surface area contributed by atoms with E-state index in [2.05, 4.69) is 66.8 Å².